The lowest BCUT2D eigenvalue weighted by atomic mass is 10.1. The number of rotatable bonds is 4. The largest absolute Gasteiger partial charge is 0.243 e. The first-order chi connectivity index (χ1) is 11.1. The van der Waals surface area contributed by atoms with Gasteiger partial charge < -0.3 is 0 Å². The van der Waals surface area contributed by atoms with Crippen molar-refractivity contribution in [3.05, 3.63) is 71.8 Å². The highest BCUT2D eigenvalue weighted by Gasteiger charge is 2.33. The van der Waals surface area contributed by atoms with Crippen LogP contribution in [0, 0.1) is 6.92 Å². The van der Waals surface area contributed by atoms with Crippen molar-refractivity contribution in [1.82, 2.24) is 4.31 Å². The molecule has 0 spiro atoms. The van der Waals surface area contributed by atoms with Crippen LogP contribution in [-0.4, -0.2) is 25.3 Å². The highest BCUT2D eigenvalue weighted by molar-refractivity contribution is 7.89. The van der Waals surface area contributed by atoms with Gasteiger partial charge in [0.25, 0.3) is 0 Å². The third kappa shape index (κ3) is 3.54. The number of benzene rings is 2. The topological polar surface area (TPSA) is 37.4 Å². The summed E-state index contributed by atoms with van der Waals surface area (Å²) >= 11 is 0. The minimum Gasteiger partial charge on any atom is -0.207 e. The SMILES string of the molecule is Cc1ccc(S(=O)(=O)N2CCCC2/C=C/c2ccccc2)cc1. The Morgan fingerprint density at radius 2 is 1.74 bits per heavy atom. The van der Waals surface area contributed by atoms with Crippen molar-refractivity contribution in [3.63, 3.8) is 0 Å². The van der Waals surface area contributed by atoms with Gasteiger partial charge in [0.2, 0.25) is 10.0 Å². The maximum absolute atomic E-state index is 12.9. The molecular formula is C19H21NO2S. The van der Waals surface area contributed by atoms with Gasteiger partial charge in [-0.2, -0.15) is 4.31 Å². The van der Waals surface area contributed by atoms with Crippen LogP contribution in [-0.2, 0) is 10.0 Å². The smallest absolute Gasteiger partial charge is 0.207 e. The molecule has 0 bridgehead atoms. The Kier molecular flexibility index (Phi) is 4.64. The maximum atomic E-state index is 12.9. The number of hydrogen-bond donors (Lipinski definition) is 0. The van der Waals surface area contributed by atoms with Crippen molar-refractivity contribution in [1.29, 1.82) is 0 Å². The van der Waals surface area contributed by atoms with Gasteiger partial charge in [-0.05, 0) is 37.5 Å². The minimum atomic E-state index is -3.43. The molecule has 2 aromatic rings. The highest BCUT2D eigenvalue weighted by atomic mass is 32.2. The first kappa shape index (κ1) is 16.0. The summed E-state index contributed by atoms with van der Waals surface area (Å²) < 4.78 is 27.3. The molecule has 2 aromatic carbocycles. The van der Waals surface area contributed by atoms with Crippen LogP contribution >= 0.6 is 0 Å². The minimum absolute atomic E-state index is 0.0680. The molecule has 3 nitrogen and oxygen atoms in total. The Balaban J connectivity index is 1.83. The molecule has 0 N–H and O–H groups in total. The van der Waals surface area contributed by atoms with Gasteiger partial charge in [0.05, 0.1) is 4.90 Å². The molecule has 1 unspecified atom stereocenters. The van der Waals surface area contributed by atoms with Crippen LogP contribution in [0.25, 0.3) is 6.08 Å². The lowest BCUT2D eigenvalue weighted by Crippen LogP contribution is -2.34. The summed E-state index contributed by atoms with van der Waals surface area (Å²) in [7, 11) is -3.43. The van der Waals surface area contributed by atoms with Crippen LogP contribution < -0.4 is 0 Å². The Bertz CT molecular complexity index is 780. The first-order valence-electron chi connectivity index (χ1n) is 7.89. The Labute approximate surface area is 138 Å². The van der Waals surface area contributed by atoms with E-state index in [4.69, 9.17) is 0 Å². The first-order valence-corrected chi connectivity index (χ1v) is 9.33. The summed E-state index contributed by atoms with van der Waals surface area (Å²) in [5, 5.41) is 0. The van der Waals surface area contributed by atoms with E-state index in [9.17, 15) is 8.42 Å². The molecule has 120 valence electrons. The Morgan fingerprint density at radius 3 is 2.43 bits per heavy atom. The Hall–Kier alpha value is -1.91. The van der Waals surface area contributed by atoms with E-state index in [0.29, 0.717) is 11.4 Å². The van der Waals surface area contributed by atoms with E-state index in [2.05, 4.69) is 0 Å². The second-order valence-corrected chi connectivity index (χ2v) is 7.80. The lowest BCUT2D eigenvalue weighted by molar-refractivity contribution is 0.433. The van der Waals surface area contributed by atoms with Crippen LogP contribution in [0.1, 0.15) is 24.0 Å². The van der Waals surface area contributed by atoms with Crippen molar-refractivity contribution >= 4 is 16.1 Å². The molecule has 0 aliphatic carbocycles. The molecule has 0 saturated carbocycles. The van der Waals surface area contributed by atoms with E-state index in [1.807, 2.05) is 61.5 Å². The van der Waals surface area contributed by atoms with Crippen molar-refractivity contribution in [2.24, 2.45) is 0 Å². The second-order valence-electron chi connectivity index (χ2n) is 5.91. The molecule has 1 fully saturated rings. The van der Waals surface area contributed by atoms with E-state index in [-0.39, 0.29) is 6.04 Å². The van der Waals surface area contributed by atoms with Crippen molar-refractivity contribution in [2.45, 2.75) is 30.7 Å². The summed E-state index contributed by atoms with van der Waals surface area (Å²) in [6.07, 6.45) is 5.78. The van der Waals surface area contributed by atoms with Gasteiger partial charge in [0.15, 0.2) is 0 Å². The molecule has 0 amide bonds. The normalized spacial score (nSPS) is 19.4. The fraction of sp³-hybridized carbons (Fsp3) is 0.263. The number of aryl methyl sites for hydroxylation is 1. The monoisotopic (exact) mass is 327 g/mol. The van der Waals surface area contributed by atoms with Gasteiger partial charge >= 0.3 is 0 Å². The van der Waals surface area contributed by atoms with Crippen LogP contribution in [0.15, 0.2) is 65.6 Å². The van der Waals surface area contributed by atoms with E-state index in [1.165, 1.54) is 0 Å². The number of hydrogen-bond acceptors (Lipinski definition) is 2. The zero-order valence-corrected chi connectivity index (χ0v) is 14.0. The highest BCUT2D eigenvalue weighted by Crippen LogP contribution is 2.27. The molecule has 1 heterocycles. The van der Waals surface area contributed by atoms with Gasteiger partial charge in [0, 0.05) is 12.6 Å². The third-order valence-corrected chi connectivity index (χ3v) is 6.12. The van der Waals surface area contributed by atoms with Gasteiger partial charge in [-0.3, -0.25) is 0 Å². The molecule has 1 aliphatic heterocycles. The molecule has 23 heavy (non-hydrogen) atoms. The summed E-state index contributed by atoms with van der Waals surface area (Å²) in [5.41, 5.74) is 2.15. The van der Waals surface area contributed by atoms with Gasteiger partial charge in [-0.1, -0.05) is 60.2 Å². The zero-order valence-electron chi connectivity index (χ0n) is 13.2. The second kappa shape index (κ2) is 6.69. The molecule has 1 atom stereocenters. The van der Waals surface area contributed by atoms with Crippen molar-refractivity contribution in [2.75, 3.05) is 6.54 Å². The van der Waals surface area contributed by atoms with Gasteiger partial charge in [-0.15, -0.1) is 0 Å². The van der Waals surface area contributed by atoms with E-state index >= 15 is 0 Å². The summed E-state index contributed by atoms with van der Waals surface area (Å²) in [5.74, 6) is 0. The van der Waals surface area contributed by atoms with Crippen LogP contribution in [0.4, 0.5) is 0 Å². The molecule has 1 aliphatic rings. The standard InChI is InChI=1S/C19H21NO2S/c1-16-9-13-19(14-10-16)23(21,22)20-15-5-8-18(20)12-11-17-6-3-2-4-7-17/h2-4,6-7,9-14,18H,5,8,15H2,1H3/b12-11+. The van der Waals surface area contributed by atoms with Crippen LogP contribution in [0.3, 0.4) is 0 Å². The number of nitrogens with zero attached hydrogens (tertiary/aromatic N) is 1. The van der Waals surface area contributed by atoms with Crippen LogP contribution in [0.2, 0.25) is 0 Å². The third-order valence-electron chi connectivity index (χ3n) is 4.19. The predicted octanol–water partition coefficient (Wildman–Crippen LogP) is 3.86. The van der Waals surface area contributed by atoms with Crippen LogP contribution in [0.5, 0.6) is 0 Å². The average molecular weight is 327 g/mol. The van der Waals surface area contributed by atoms with Crippen molar-refractivity contribution < 1.29 is 8.42 Å². The zero-order chi connectivity index (χ0) is 16.3. The van der Waals surface area contributed by atoms with E-state index in [0.717, 1.165) is 24.0 Å². The summed E-state index contributed by atoms with van der Waals surface area (Å²) in [4.78, 5) is 0.378. The fourth-order valence-electron chi connectivity index (χ4n) is 2.89. The summed E-state index contributed by atoms with van der Waals surface area (Å²) in [6.45, 7) is 2.54. The molecule has 4 heteroatoms. The molecule has 0 aromatic heterocycles. The maximum Gasteiger partial charge on any atom is 0.243 e. The molecular weight excluding hydrogens is 306 g/mol. The Morgan fingerprint density at radius 1 is 1.04 bits per heavy atom. The fourth-order valence-corrected chi connectivity index (χ4v) is 4.54. The molecule has 0 radical (unpaired) electrons. The van der Waals surface area contributed by atoms with Gasteiger partial charge in [-0.25, -0.2) is 8.42 Å². The average Bonchev–Trinajstić information content (AvgIpc) is 3.04. The molecule has 1 saturated heterocycles. The predicted molar refractivity (Wildman–Crippen MR) is 93.6 cm³/mol. The summed E-state index contributed by atoms with van der Waals surface area (Å²) in [6, 6.07) is 17.0. The molecule has 3 rings (SSSR count). The lowest BCUT2D eigenvalue weighted by Gasteiger charge is -2.21. The quantitative estimate of drug-likeness (QED) is 0.855. The van der Waals surface area contributed by atoms with E-state index < -0.39 is 10.0 Å². The van der Waals surface area contributed by atoms with E-state index in [1.54, 1.807) is 16.4 Å². The number of sulfonamides is 1. The van der Waals surface area contributed by atoms with Crippen molar-refractivity contribution in [3.8, 4) is 0 Å². The van der Waals surface area contributed by atoms with Gasteiger partial charge in [0.1, 0.15) is 0 Å².